The SMILES string of the molecule is CCNC(=NCCCn1nc(C)cc1C)NCCC(=O)Nc1ccc(C)cn1.I. The van der Waals surface area contributed by atoms with Crippen molar-refractivity contribution in [3.05, 3.63) is 41.3 Å². The summed E-state index contributed by atoms with van der Waals surface area (Å²) >= 11 is 0. The first-order valence-electron chi connectivity index (χ1n) is 9.73. The van der Waals surface area contributed by atoms with Crippen LogP contribution in [0.2, 0.25) is 0 Å². The van der Waals surface area contributed by atoms with E-state index in [1.165, 1.54) is 5.69 Å². The molecule has 0 aromatic carbocycles. The highest BCUT2D eigenvalue weighted by atomic mass is 127. The second-order valence-electron chi connectivity index (χ2n) is 6.71. The van der Waals surface area contributed by atoms with Crippen LogP contribution in [0.25, 0.3) is 0 Å². The Labute approximate surface area is 190 Å². The van der Waals surface area contributed by atoms with Crippen LogP contribution in [0.1, 0.15) is 36.7 Å². The summed E-state index contributed by atoms with van der Waals surface area (Å²) in [5, 5.41) is 13.6. The van der Waals surface area contributed by atoms with Crippen LogP contribution in [0.5, 0.6) is 0 Å². The smallest absolute Gasteiger partial charge is 0.227 e. The normalized spacial score (nSPS) is 11.0. The number of anilines is 1. The monoisotopic (exact) mass is 513 g/mol. The molecule has 0 fully saturated rings. The van der Waals surface area contributed by atoms with E-state index in [0.717, 1.165) is 36.7 Å². The molecule has 2 heterocycles. The van der Waals surface area contributed by atoms with Gasteiger partial charge in [-0.2, -0.15) is 5.10 Å². The molecule has 8 nitrogen and oxygen atoms in total. The van der Waals surface area contributed by atoms with Gasteiger partial charge in [0.25, 0.3) is 0 Å². The van der Waals surface area contributed by atoms with Gasteiger partial charge in [0, 0.05) is 44.5 Å². The minimum Gasteiger partial charge on any atom is -0.357 e. The first-order valence-corrected chi connectivity index (χ1v) is 9.73. The number of nitrogens with zero attached hydrogens (tertiary/aromatic N) is 4. The summed E-state index contributed by atoms with van der Waals surface area (Å²) in [6.07, 6.45) is 2.97. The fourth-order valence-electron chi connectivity index (χ4n) is 2.70. The molecule has 0 aliphatic heterocycles. The predicted molar refractivity (Wildman–Crippen MR) is 128 cm³/mol. The molecule has 3 N–H and O–H groups in total. The molecule has 0 saturated heterocycles. The zero-order valence-electron chi connectivity index (χ0n) is 17.7. The maximum Gasteiger partial charge on any atom is 0.227 e. The Morgan fingerprint density at radius 2 is 2.00 bits per heavy atom. The summed E-state index contributed by atoms with van der Waals surface area (Å²) in [5.41, 5.74) is 3.26. The van der Waals surface area contributed by atoms with E-state index >= 15 is 0 Å². The van der Waals surface area contributed by atoms with Crippen molar-refractivity contribution in [1.29, 1.82) is 0 Å². The van der Waals surface area contributed by atoms with Crippen molar-refractivity contribution in [1.82, 2.24) is 25.4 Å². The van der Waals surface area contributed by atoms with Crippen LogP contribution in [-0.2, 0) is 11.3 Å². The topological polar surface area (TPSA) is 96.2 Å². The number of carbonyl (C=O) groups is 1. The number of hydrogen-bond donors (Lipinski definition) is 3. The maximum atomic E-state index is 12.0. The van der Waals surface area contributed by atoms with Crippen LogP contribution in [0.15, 0.2) is 29.4 Å². The van der Waals surface area contributed by atoms with Gasteiger partial charge in [-0.3, -0.25) is 14.5 Å². The number of aliphatic imine (C=N–C) groups is 1. The number of carbonyl (C=O) groups excluding carboxylic acids is 1. The molecule has 0 bridgehead atoms. The summed E-state index contributed by atoms with van der Waals surface area (Å²) in [6.45, 7) is 10.8. The van der Waals surface area contributed by atoms with Crippen LogP contribution in [0.3, 0.4) is 0 Å². The highest BCUT2D eigenvalue weighted by molar-refractivity contribution is 14.0. The fraction of sp³-hybridized carbons (Fsp3) is 0.500. The second kappa shape index (κ2) is 13.1. The molecule has 2 aromatic heterocycles. The molecule has 0 atom stereocenters. The van der Waals surface area contributed by atoms with Gasteiger partial charge in [0.2, 0.25) is 5.91 Å². The van der Waals surface area contributed by atoms with Crippen LogP contribution in [0.4, 0.5) is 5.82 Å². The molecular weight excluding hydrogens is 481 g/mol. The standard InChI is InChI=1S/C20H31N7O.HI/c1-5-21-20(22-10-6-12-27-17(4)13-16(3)26-27)23-11-9-19(28)25-18-8-7-15(2)14-24-18;/h7-8,13-14H,5-6,9-12H2,1-4H3,(H2,21,22,23)(H,24,25,28);1H. The van der Waals surface area contributed by atoms with Crippen molar-refractivity contribution in [3.63, 3.8) is 0 Å². The highest BCUT2D eigenvalue weighted by Crippen LogP contribution is 2.04. The summed E-state index contributed by atoms with van der Waals surface area (Å²) in [6, 6.07) is 5.80. The van der Waals surface area contributed by atoms with Crippen molar-refractivity contribution in [3.8, 4) is 0 Å². The Bertz CT molecular complexity index is 787. The zero-order chi connectivity index (χ0) is 20.4. The van der Waals surface area contributed by atoms with Gasteiger partial charge < -0.3 is 16.0 Å². The van der Waals surface area contributed by atoms with Crippen molar-refractivity contribution in [2.75, 3.05) is 25.0 Å². The van der Waals surface area contributed by atoms with Crippen molar-refractivity contribution in [2.24, 2.45) is 4.99 Å². The van der Waals surface area contributed by atoms with Crippen LogP contribution in [-0.4, -0.2) is 46.3 Å². The number of halogens is 1. The van der Waals surface area contributed by atoms with E-state index in [-0.39, 0.29) is 29.9 Å². The van der Waals surface area contributed by atoms with Crippen LogP contribution >= 0.6 is 24.0 Å². The molecule has 0 radical (unpaired) electrons. The maximum absolute atomic E-state index is 12.0. The number of guanidine groups is 1. The average molecular weight is 513 g/mol. The summed E-state index contributed by atoms with van der Waals surface area (Å²) in [7, 11) is 0. The van der Waals surface area contributed by atoms with E-state index in [9.17, 15) is 4.79 Å². The van der Waals surface area contributed by atoms with Gasteiger partial charge >= 0.3 is 0 Å². The Morgan fingerprint density at radius 3 is 2.62 bits per heavy atom. The third-order valence-corrected chi connectivity index (χ3v) is 4.07. The van der Waals surface area contributed by atoms with Gasteiger partial charge in [-0.05, 0) is 51.8 Å². The number of nitrogens with one attached hydrogen (secondary N) is 3. The molecule has 1 amide bonds. The molecule has 0 aliphatic rings. The molecule has 160 valence electrons. The zero-order valence-corrected chi connectivity index (χ0v) is 20.0. The number of hydrogen-bond acceptors (Lipinski definition) is 4. The van der Waals surface area contributed by atoms with Gasteiger partial charge in [-0.25, -0.2) is 4.98 Å². The number of amides is 1. The molecule has 0 aliphatic carbocycles. The van der Waals surface area contributed by atoms with Gasteiger partial charge in [0.1, 0.15) is 5.82 Å². The molecule has 0 saturated carbocycles. The minimum absolute atomic E-state index is 0. The second-order valence-corrected chi connectivity index (χ2v) is 6.71. The Balaban J connectivity index is 0.00000420. The molecule has 29 heavy (non-hydrogen) atoms. The summed E-state index contributed by atoms with van der Waals surface area (Å²) in [5.74, 6) is 1.21. The van der Waals surface area contributed by atoms with Crippen molar-refractivity contribution >= 4 is 41.7 Å². The van der Waals surface area contributed by atoms with E-state index in [1.54, 1.807) is 12.3 Å². The minimum atomic E-state index is -0.0794. The molecule has 2 aromatic rings. The number of pyridine rings is 1. The Kier molecular flexibility index (Phi) is 11.3. The van der Waals surface area contributed by atoms with E-state index in [0.29, 0.717) is 25.3 Å². The molecule has 0 unspecified atom stereocenters. The quantitative estimate of drug-likeness (QED) is 0.208. The van der Waals surface area contributed by atoms with E-state index in [2.05, 4.69) is 44.0 Å². The fourth-order valence-corrected chi connectivity index (χ4v) is 2.70. The van der Waals surface area contributed by atoms with Crippen LogP contribution < -0.4 is 16.0 Å². The molecular formula is C20H32IN7O. The molecule has 9 heteroatoms. The van der Waals surface area contributed by atoms with Crippen LogP contribution in [0, 0.1) is 20.8 Å². The lowest BCUT2D eigenvalue weighted by atomic mass is 10.3. The Morgan fingerprint density at radius 1 is 1.21 bits per heavy atom. The van der Waals surface area contributed by atoms with Crippen molar-refractivity contribution in [2.45, 2.75) is 47.1 Å². The van der Waals surface area contributed by atoms with Gasteiger partial charge in [0.15, 0.2) is 5.96 Å². The lowest BCUT2D eigenvalue weighted by Crippen LogP contribution is -2.38. The number of aryl methyl sites for hydroxylation is 4. The lowest BCUT2D eigenvalue weighted by molar-refractivity contribution is -0.116. The van der Waals surface area contributed by atoms with Gasteiger partial charge in [0.05, 0.1) is 5.69 Å². The van der Waals surface area contributed by atoms with Gasteiger partial charge in [-0.1, -0.05) is 6.07 Å². The summed E-state index contributed by atoms with van der Waals surface area (Å²) in [4.78, 5) is 20.8. The first-order chi connectivity index (χ1) is 13.5. The molecule has 2 rings (SSSR count). The van der Waals surface area contributed by atoms with E-state index in [1.807, 2.05) is 31.5 Å². The van der Waals surface area contributed by atoms with E-state index in [4.69, 9.17) is 0 Å². The lowest BCUT2D eigenvalue weighted by Gasteiger charge is -2.11. The van der Waals surface area contributed by atoms with E-state index < -0.39 is 0 Å². The molecule has 0 spiro atoms. The van der Waals surface area contributed by atoms with Gasteiger partial charge in [-0.15, -0.1) is 24.0 Å². The average Bonchev–Trinajstić information content (AvgIpc) is 2.98. The number of aromatic nitrogens is 3. The highest BCUT2D eigenvalue weighted by Gasteiger charge is 2.05. The Hall–Kier alpha value is -2.17. The first kappa shape index (κ1) is 24.9. The third kappa shape index (κ3) is 9.25. The largest absolute Gasteiger partial charge is 0.357 e. The predicted octanol–water partition coefficient (Wildman–Crippen LogP) is 2.80. The third-order valence-electron chi connectivity index (χ3n) is 4.07. The number of rotatable bonds is 9. The van der Waals surface area contributed by atoms with Crippen molar-refractivity contribution < 1.29 is 4.79 Å². The summed E-state index contributed by atoms with van der Waals surface area (Å²) < 4.78 is 2.01.